The molecule has 1 aliphatic carbocycles. The lowest BCUT2D eigenvalue weighted by Crippen LogP contribution is -2.38. The second-order valence-electron chi connectivity index (χ2n) is 9.08. The average molecular weight is 526 g/mol. The summed E-state index contributed by atoms with van der Waals surface area (Å²) in [7, 11) is 3.18. The first-order valence-electron chi connectivity index (χ1n) is 12.1. The smallest absolute Gasteiger partial charge is 0.271 e. The van der Waals surface area contributed by atoms with Gasteiger partial charge in [-0.15, -0.1) is 0 Å². The number of benzene rings is 3. The molecule has 1 aliphatic heterocycles. The van der Waals surface area contributed by atoms with Gasteiger partial charge in [0.2, 0.25) is 0 Å². The van der Waals surface area contributed by atoms with Gasteiger partial charge in [-0.2, -0.15) is 0 Å². The molecule has 2 aliphatic rings. The predicted octanol–water partition coefficient (Wildman–Crippen LogP) is 4.24. The standard InChI is InChI=1S/C29H23N3O5S/c1-36-23-13-11-19(16-24(23)37-2)27-22-12-10-18-7-3-4-9-21(18)26(22)30-29-31(27)28(33)25(38-29)15-17-6-5-8-20(14-17)32(34)35/h3-9,11,13-16,27H,10,12H2,1-2H3/b25-15-/t27-/m1/s1. The number of hydrogen-bond acceptors (Lipinski definition) is 7. The normalized spacial score (nSPS) is 16.3. The summed E-state index contributed by atoms with van der Waals surface area (Å²) in [5.41, 5.74) is 5.55. The number of nitrogens with zero attached hydrogens (tertiary/aromatic N) is 3. The van der Waals surface area contributed by atoms with E-state index in [4.69, 9.17) is 14.5 Å². The maximum absolute atomic E-state index is 13.9. The van der Waals surface area contributed by atoms with Crippen LogP contribution in [0.25, 0.3) is 11.8 Å². The van der Waals surface area contributed by atoms with Gasteiger partial charge in [0.1, 0.15) is 0 Å². The Morgan fingerprint density at radius 2 is 1.84 bits per heavy atom. The molecule has 8 nitrogen and oxygen atoms in total. The maximum atomic E-state index is 13.9. The number of allylic oxidation sites excluding steroid dienone is 1. The molecule has 2 heterocycles. The lowest BCUT2D eigenvalue weighted by atomic mass is 9.83. The highest BCUT2D eigenvalue weighted by Crippen LogP contribution is 2.42. The number of nitro groups is 1. The Hall–Kier alpha value is -4.50. The zero-order valence-electron chi connectivity index (χ0n) is 20.7. The number of ether oxygens (including phenoxy) is 2. The highest BCUT2D eigenvalue weighted by molar-refractivity contribution is 7.07. The van der Waals surface area contributed by atoms with Crippen LogP contribution in [0.2, 0.25) is 0 Å². The fraction of sp³-hybridized carbons (Fsp3) is 0.172. The highest BCUT2D eigenvalue weighted by Gasteiger charge is 2.33. The van der Waals surface area contributed by atoms with E-state index in [1.54, 1.807) is 37.0 Å². The molecule has 0 unspecified atom stereocenters. The Morgan fingerprint density at radius 1 is 1.03 bits per heavy atom. The second-order valence-corrected chi connectivity index (χ2v) is 10.1. The number of aryl methyl sites for hydroxylation is 1. The van der Waals surface area contributed by atoms with Crippen LogP contribution in [0.5, 0.6) is 11.5 Å². The molecule has 0 saturated carbocycles. The Bertz CT molecular complexity index is 1820. The van der Waals surface area contributed by atoms with Crippen LogP contribution in [0.15, 0.2) is 82.1 Å². The summed E-state index contributed by atoms with van der Waals surface area (Å²) in [6, 6.07) is 19.9. The van der Waals surface area contributed by atoms with Gasteiger partial charge < -0.3 is 9.47 Å². The Kier molecular flexibility index (Phi) is 5.92. The molecule has 0 fully saturated rings. The van der Waals surface area contributed by atoms with Crippen molar-refractivity contribution in [2.75, 3.05) is 14.2 Å². The topological polar surface area (TPSA) is 96.0 Å². The molecule has 0 spiro atoms. The zero-order chi connectivity index (χ0) is 26.4. The van der Waals surface area contributed by atoms with E-state index in [0.29, 0.717) is 26.4 Å². The minimum absolute atomic E-state index is 0.0261. The van der Waals surface area contributed by atoms with Crippen LogP contribution >= 0.6 is 11.3 Å². The molecule has 0 radical (unpaired) electrons. The van der Waals surface area contributed by atoms with E-state index in [0.717, 1.165) is 35.2 Å². The van der Waals surface area contributed by atoms with E-state index in [2.05, 4.69) is 12.1 Å². The fourth-order valence-electron chi connectivity index (χ4n) is 5.22. The molecule has 0 amide bonds. The summed E-state index contributed by atoms with van der Waals surface area (Å²) < 4.78 is 13.2. The van der Waals surface area contributed by atoms with Crippen molar-refractivity contribution in [3.8, 4) is 11.5 Å². The molecule has 3 aromatic carbocycles. The molecule has 1 aromatic heterocycles. The van der Waals surface area contributed by atoms with E-state index in [1.165, 1.54) is 29.0 Å². The second kappa shape index (κ2) is 9.42. The predicted molar refractivity (Wildman–Crippen MR) is 145 cm³/mol. The van der Waals surface area contributed by atoms with Gasteiger partial charge in [-0.3, -0.25) is 19.5 Å². The van der Waals surface area contributed by atoms with E-state index >= 15 is 0 Å². The van der Waals surface area contributed by atoms with E-state index < -0.39 is 4.92 Å². The van der Waals surface area contributed by atoms with Gasteiger partial charge in [-0.05, 0) is 53.3 Å². The number of non-ortho nitro benzene ring substituents is 1. The summed E-state index contributed by atoms with van der Waals surface area (Å²) >= 11 is 1.29. The number of aromatic nitrogens is 1. The van der Waals surface area contributed by atoms with Crippen molar-refractivity contribution < 1.29 is 14.4 Å². The summed E-state index contributed by atoms with van der Waals surface area (Å²) in [5.74, 6) is 1.19. The monoisotopic (exact) mass is 525 g/mol. The van der Waals surface area contributed by atoms with Gasteiger partial charge >= 0.3 is 0 Å². The third-order valence-corrected chi connectivity index (χ3v) is 7.96. The van der Waals surface area contributed by atoms with Crippen LogP contribution in [0.1, 0.15) is 34.7 Å². The van der Waals surface area contributed by atoms with Crippen molar-refractivity contribution in [2.24, 2.45) is 4.99 Å². The zero-order valence-corrected chi connectivity index (χ0v) is 21.5. The van der Waals surface area contributed by atoms with Gasteiger partial charge in [0.25, 0.3) is 11.2 Å². The van der Waals surface area contributed by atoms with Gasteiger partial charge in [0.05, 0.1) is 35.4 Å². The van der Waals surface area contributed by atoms with Crippen LogP contribution in [0.4, 0.5) is 5.69 Å². The molecule has 190 valence electrons. The number of fused-ring (bicyclic) bond motifs is 3. The number of nitro benzene ring substituents is 1. The largest absolute Gasteiger partial charge is 0.493 e. The van der Waals surface area contributed by atoms with Gasteiger partial charge in [0, 0.05) is 17.7 Å². The molecule has 0 N–H and O–H groups in total. The van der Waals surface area contributed by atoms with Gasteiger partial charge in [0.15, 0.2) is 16.3 Å². The number of thiazole rings is 1. The molecule has 0 saturated heterocycles. The Labute approximate surface area is 221 Å². The van der Waals surface area contributed by atoms with Crippen molar-refractivity contribution in [2.45, 2.75) is 18.9 Å². The van der Waals surface area contributed by atoms with Crippen molar-refractivity contribution >= 4 is 28.8 Å². The molecule has 0 bridgehead atoms. The van der Waals surface area contributed by atoms with Crippen LogP contribution in [0.3, 0.4) is 0 Å². The first-order valence-corrected chi connectivity index (χ1v) is 12.9. The summed E-state index contributed by atoms with van der Waals surface area (Å²) in [6.07, 6.45) is 3.31. The third-order valence-electron chi connectivity index (χ3n) is 6.98. The van der Waals surface area contributed by atoms with E-state index in [-0.39, 0.29) is 17.3 Å². The molecule has 6 rings (SSSR count). The quantitative estimate of drug-likeness (QED) is 0.287. The average Bonchev–Trinajstić information content (AvgIpc) is 3.25. The Balaban J connectivity index is 1.61. The van der Waals surface area contributed by atoms with Crippen molar-refractivity contribution in [3.63, 3.8) is 0 Å². The molecular formula is C29H23N3O5S. The van der Waals surface area contributed by atoms with Crippen molar-refractivity contribution in [1.82, 2.24) is 4.57 Å². The number of hydrogen-bond donors (Lipinski definition) is 0. The van der Waals surface area contributed by atoms with Gasteiger partial charge in [-0.1, -0.05) is 53.8 Å². The lowest BCUT2D eigenvalue weighted by Gasteiger charge is -2.31. The molecule has 1 atom stereocenters. The molecular weight excluding hydrogens is 502 g/mol. The Morgan fingerprint density at radius 3 is 2.63 bits per heavy atom. The number of rotatable bonds is 5. The van der Waals surface area contributed by atoms with Crippen molar-refractivity contribution in [1.29, 1.82) is 0 Å². The first-order chi connectivity index (χ1) is 18.5. The molecule has 4 aromatic rings. The number of methoxy groups -OCH3 is 2. The summed E-state index contributed by atoms with van der Waals surface area (Å²) in [6.45, 7) is 0. The molecule has 38 heavy (non-hydrogen) atoms. The molecule has 9 heteroatoms. The van der Waals surface area contributed by atoms with Crippen LogP contribution in [-0.2, 0) is 6.42 Å². The van der Waals surface area contributed by atoms with E-state index in [9.17, 15) is 14.9 Å². The van der Waals surface area contributed by atoms with Crippen molar-refractivity contribution in [3.05, 3.63) is 124 Å². The summed E-state index contributed by atoms with van der Waals surface area (Å²) in [4.78, 5) is 30.3. The third kappa shape index (κ3) is 3.92. The van der Waals surface area contributed by atoms with Crippen LogP contribution in [0, 0.1) is 10.1 Å². The minimum Gasteiger partial charge on any atom is -0.493 e. The van der Waals surface area contributed by atoms with Crippen LogP contribution in [-0.4, -0.2) is 23.7 Å². The van der Waals surface area contributed by atoms with E-state index in [1.807, 2.05) is 30.3 Å². The first kappa shape index (κ1) is 23.9. The SMILES string of the molecule is COc1ccc([C@@H]2C3=C(N=c4s/c(=C\c5cccc([N+](=O)[O-])c5)c(=O)n42)c2ccccc2CC3)cc1OC. The lowest BCUT2D eigenvalue weighted by molar-refractivity contribution is -0.384. The van der Waals surface area contributed by atoms with Crippen LogP contribution < -0.4 is 24.4 Å². The minimum atomic E-state index is -0.443. The maximum Gasteiger partial charge on any atom is 0.271 e. The summed E-state index contributed by atoms with van der Waals surface area (Å²) in [5, 5.41) is 11.3. The van der Waals surface area contributed by atoms with Gasteiger partial charge in [-0.25, -0.2) is 4.99 Å². The fourth-order valence-corrected chi connectivity index (χ4v) is 6.23. The highest BCUT2D eigenvalue weighted by atomic mass is 32.1.